The highest BCUT2D eigenvalue weighted by atomic mass is 35.5. The molecule has 1 atom stereocenters. The van der Waals surface area contributed by atoms with Crippen LogP contribution in [0.25, 0.3) is 0 Å². The van der Waals surface area contributed by atoms with Gasteiger partial charge in [-0.05, 0) is 36.8 Å². The second-order valence-electron chi connectivity index (χ2n) is 4.59. The Hall–Kier alpha value is -2.00. The summed E-state index contributed by atoms with van der Waals surface area (Å²) in [6.45, 7) is 1.96. The van der Waals surface area contributed by atoms with Gasteiger partial charge in [0.25, 0.3) is 0 Å². The Kier molecular flexibility index (Phi) is 4.64. The van der Waals surface area contributed by atoms with Gasteiger partial charge < -0.3 is 9.84 Å². The number of rotatable bonds is 5. The van der Waals surface area contributed by atoms with Gasteiger partial charge in [0, 0.05) is 11.4 Å². The molecule has 0 saturated heterocycles. The van der Waals surface area contributed by atoms with Gasteiger partial charge in [-0.2, -0.15) is 0 Å². The maximum Gasteiger partial charge on any atom is 0.345 e. The van der Waals surface area contributed by atoms with Gasteiger partial charge in [0.05, 0.1) is 0 Å². The number of hydrogen-bond donors (Lipinski definition) is 1. The Morgan fingerprint density at radius 1 is 1.15 bits per heavy atom. The second kappa shape index (κ2) is 6.44. The number of carbonyl (C=O) groups is 1. The SMILES string of the molecule is Cc1ccc(O[C@H](Cc2ccc(Cl)cc2)C(=O)O)cc1. The lowest BCUT2D eigenvalue weighted by atomic mass is 10.1. The molecule has 2 rings (SSSR count). The molecule has 2 aromatic carbocycles. The van der Waals surface area contributed by atoms with Crippen LogP contribution >= 0.6 is 11.6 Å². The molecule has 0 spiro atoms. The molecule has 1 N–H and O–H groups in total. The van der Waals surface area contributed by atoms with Crippen molar-refractivity contribution >= 4 is 17.6 Å². The van der Waals surface area contributed by atoms with Crippen molar-refractivity contribution in [2.24, 2.45) is 0 Å². The summed E-state index contributed by atoms with van der Waals surface area (Å²) in [5, 5.41) is 9.88. The summed E-state index contributed by atoms with van der Waals surface area (Å²) in [4.78, 5) is 11.3. The molecule has 0 aliphatic heterocycles. The summed E-state index contributed by atoms with van der Waals surface area (Å²) in [7, 11) is 0. The van der Waals surface area contributed by atoms with Gasteiger partial charge in [-0.1, -0.05) is 41.4 Å². The van der Waals surface area contributed by atoms with Crippen molar-refractivity contribution in [3.63, 3.8) is 0 Å². The van der Waals surface area contributed by atoms with E-state index in [0.29, 0.717) is 17.2 Å². The zero-order chi connectivity index (χ0) is 14.5. The van der Waals surface area contributed by atoms with Crippen LogP contribution in [0, 0.1) is 6.92 Å². The number of benzene rings is 2. The van der Waals surface area contributed by atoms with Crippen LogP contribution in [-0.4, -0.2) is 17.2 Å². The molecule has 4 heteroatoms. The monoisotopic (exact) mass is 290 g/mol. The lowest BCUT2D eigenvalue weighted by Crippen LogP contribution is -2.29. The summed E-state index contributed by atoms with van der Waals surface area (Å²) in [5.74, 6) is -0.433. The van der Waals surface area contributed by atoms with Gasteiger partial charge in [0.1, 0.15) is 5.75 Å². The van der Waals surface area contributed by atoms with Gasteiger partial charge in [0.15, 0.2) is 6.10 Å². The maximum absolute atomic E-state index is 11.3. The first-order chi connectivity index (χ1) is 9.54. The van der Waals surface area contributed by atoms with Crippen LogP contribution in [0.15, 0.2) is 48.5 Å². The summed E-state index contributed by atoms with van der Waals surface area (Å²) in [6.07, 6.45) is -0.626. The lowest BCUT2D eigenvalue weighted by Gasteiger charge is -2.15. The molecule has 104 valence electrons. The van der Waals surface area contributed by atoms with Crippen molar-refractivity contribution < 1.29 is 14.6 Å². The molecule has 0 aliphatic carbocycles. The highest BCUT2D eigenvalue weighted by Gasteiger charge is 2.20. The van der Waals surface area contributed by atoms with Crippen LogP contribution in [0.4, 0.5) is 0 Å². The molecule has 0 aliphatic rings. The van der Waals surface area contributed by atoms with Crippen LogP contribution < -0.4 is 4.74 Å². The summed E-state index contributed by atoms with van der Waals surface area (Å²) in [5.41, 5.74) is 1.97. The molecule has 0 amide bonds. The zero-order valence-corrected chi connectivity index (χ0v) is 11.8. The van der Waals surface area contributed by atoms with Gasteiger partial charge >= 0.3 is 5.97 Å². The van der Waals surface area contributed by atoms with E-state index < -0.39 is 12.1 Å². The molecule has 0 fully saturated rings. The van der Waals surface area contributed by atoms with Gasteiger partial charge in [-0.3, -0.25) is 0 Å². The molecule has 0 radical (unpaired) electrons. The highest BCUT2D eigenvalue weighted by molar-refractivity contribution is 6.30. The molecule has 3 nitrogen and oxygen atoms in total. The van der Waals surface area contributed by atoms with Crippen molar-refractivity contribution in [3.8, 4) is 5.75 Å². The normalized spacial score (nSPS) is 11.9. The third kappa shape index (κ3) is 4.00. The minimum Gasteiger partial charge on any atom is -0.478 e. The van der Waals surface area contributed by atoms with Crippen LogP contribution in [0.1, 0.15) is 11.1 Å². The average Bonchev–Trinajstić information content (AvgIpc) is 2.42. The van der Waals surface area contributed by atoms with E-state index in [0.717, 1.165) is 11.1 Å². The van der Waals surface area contributed by atoms with E-state index in [9.17, 15) is 9.90 Å². The number of carboxylic acid groups (broad SMARTS) is 1. The lowest BCUT2D eigenvalue weighted by molar-refractivity contribution is -0.145. The molecular weight excluding hydrogens is 276 g/mol. The summed E-state index contributed by atoms with van der Waals surface area (Å²) < 4.78 is 5.53. The predicted octanol–water partition coefficient (Wildman–Crippen LogP) is 3.72. The van der Waals surface area contributed by atoms with Crippen molar-refractivity contribution in [1.29, 1.82) is 0 Å². The molecule has 0 saturated carbocycles. The average molecular weight is 291 g/mol. The number of aryl methyl sites for hydroxylation is 1. The van der Waals surface area contributed by atoms with Crippen molar-refractivity contribution in [3.05, 3.63) is 64.7 Å². The minimum absolute atomic E-state index is 0.292. The van der Waals surface area contributed by atoms with E-state index in [4.69, 9.17) is 16.3 Å². The first-order valence-electron chi connectivity index (χ1n) is 6.25. The maximum atomic E-state index is 11.3. The molecule has 0 unspecified atom stereocenters. The minimum atomic E-state index is -0.986. The van der Waals surface area contributed by atoms with Crippen molar-refractivity contribution in [2.75, 3.05) is 0 Å². The summed E-state index contributed by atoms with van der Waals surface area (Å²) in [6, 6.07) is 14.4. The van der Waals surface area contributed by atoms with E-state index in [1.807, 2.05) is 19.1 Å². The third-order valence-electron chi connectivity index (χ3n) is 2.91. The molecule has 2 aromatic rings. The Bertz CT molecular complexity index is 528. The Labute approximate surface area is 122 Å². The van der Waals surface area contributed by atoms with Crippen LogP contribution in [0.2, 0.25) is 5.02 Å². The van der Waals surface area contributed by atoms with Gasteiger partial charge in [0.2, 0.25) is 0 Å². The number of hydrogen-bond acceptors (Lipinski definition) is 2. The Balaban J connectivity index is 2.09. The van der Waals surface area contributed by atoms with Gasteiger partial charge in [-0.15, -0.1) is 0 Å². The zero-order valence-electron chi connectivity index (χ0n) is 11.0. The predicted molar refractivity (Wildman–Crippen MR) is 78.4 cm³/mol. The first-order valence-corrected chi connectivity index (χ1v) is 6.63. The van der Waals surface area contributed by atoms with E-state index in [1.165, 1.54) is 0 Å². The molecule has 20 heavy (non-hydrogen) atoms. The second-order valence-corrected chi connectivity index (χ2v) is 5.02. The molecule has 0 heterocycles. The molecular formula is C16H15ClO3. The summed E-state index contributed by atoms with van der Waals surface area (Å²) >= 11 is 5.81. The first kappa shape index (κ1) is 14.4. The fourth-order valence-electron chi connectivity index (χ4n) is 1.80. The highest BCUT2D eigenvalue weighted by Crippen LogP contribution is 2.17. The third-order valence-corrected chi connectivity index (χ3v) is 3.16. The van der Waals surface area contributed by atoms with Crippen molar-refractivity contribution in [1.82, 2.24) is 0 Å². The smallest absolute Gasteiger partial charge is 0.345 e. The van der Waals surface area contributed by atoms with E-state index in [-0.39, 0.29) is 0 Å². The van der Waals surface area contributed by atoms with Crippen LogP contribution in [0.5, 0.6) is 5.75 Å². The number of carboxylic acids is 1. The van der Waals surface area contributed by atoms with E-state index in [2.05, 4.69) is 0 Å². The van der Waals surface area contributed by atoms with E-state index in [1.54, 1.807) is 36.4 Å². The Morgan fingerprint density at radius 2 is 1.75 bits per heavy atom. The number of ether oxygens (including phenoxy) is 1. The number of aliphatic carboxylic acids is 1. The van der Waals surface area contributed by atoms with E-state index >= 15 is 0 Å². The quantitative estimate of drug-likeness (QED) is 0.913. The van der Waals surface area contributed by atoms with Crippen molar-refractivity contribution in [2.45, 2.75) is 19.4 Å². The topological polar surface area (TPSA) is 46.5 Å². The standard InChI is InChI=1S/C16H15ClO3/c1-11-2-8-14(9-3-11)20-15(16(18)19)10-12-4-6-13(17)7-5-12/h2-9,15H,10H2,1H3,(H,18,19)/t15-/m1/s1. The Morgan fingerprint density at radius 3 is 2.30 bits per heavy atom. The van der Waals surface area contributed by atoms with Crippen LogP contribution in [0.3, 0.4) is 0 Å². The fraction of sp³-hybridized carbons (Fsp3) is 0.188. The largest absolute Gasteiger partial charge is 0.478 e. The number of halogens is 1. The molecule has 0 aromatic heterocycles. The van der Waals surface area contributed by atoms with Crippen LogP contribution in [-0.2, 0) is 11.2 Å². The molecule has 0 bridgehead atoms. The van der Waals surface area contributed by atoms with Gasteiger partial charge in [-0.25, -0.2) is 4.79 Å². The fourth-order valence-corrected chi connectivity index (χ4v) is 1.92.